The normalized spacial score (nSPS) is 38.0. The summed E-state index contributed by atoms with van der Waals surface area (Å²) in [6, 6.07) is 0. The third-order valence-corrected chi connectivity index (χ3v) is 8.68. The van der Waals surface area contributed by atoms with E-state index in [4.69, 9.17) is 18.9 Å². The molecule has 0 atom stereocenters. The van der Waals surface area contributed by atoms with Gasteiger partial charge in [-0.05, 0) is 94.3 Å². The molecule has 0 aromatic carbocycles. The molecule has 0 unspecified atom stereocenters. The van der Waals surface area contributed by atoms with E-state index in [2.05, 4.69) is 13.8 Å². The Balaban J connectivity index is 1.05. The Morgan fingerprint density at radius 1 is 0.576 bits per heavy atom. The van der Waals surface area contributed by atoms with E-state index in [1.165, 1.54) is 25.7 Å². The summed E-state index contributed by atoms with van der Waals surface area (Å²) >= 11 is 0. The first-order valence-corrected chi connectivity index (χ1v) is 13.7. The molecule has 0 aromatic rings. The van der Waals surface area contributed by atoms with E-state index in [0.29, 0.717) is 0 Å². The molecule has 0 aromatic heterocycles. The van der Waals surface area contributed by atoms with Crippen molar-refractivity contribution in [1.82, 2.24) is 0 Å². The molecular weight excluding hydrogens is 420 g/mol. The van der Waals surface area contributed by atoms with Gasteiger partial charge in [-0.15, -0.1) is 0 Å². The van der Waals surface area contributed by atoms with E-state index in [9.17, 15) is 9.59 Å². The van der Waals surface area contributed by atoms with Gasteiger partial charge in [-0.2, -0.15) is 0 Å². The molecule has 4 saturated carbocycles. The smallest absolute Gasteiger partial charge is 0.431 e. The molecule has 0 radical (unpaired) electrons. The molecule has 4 aliphatic rings. The summed E-state index contributed by atoms with van der Waals surface area (Å²) < 4.78 is 22.2. The van der Waals surface area contributed by atoms with Crippen LogP contribution >= 0.6 is 0 Å². The van der Waals surface area contributed by atoms with Crippen molar-refractivity contribution in [3.05, 3.63) is 0 Å². The highest BCUT2D eigenvalue weighted by Crippen LogP contribution is 2.57. The molecule has 0 aliphatic heterocycles. The lowest BCUT2D eigenvalue weighted by atomic mass is 9.53. The summed E-state index contributed by atoms with van der Waals surface area (Å²) in [6.45, 7) is 4.46. The van der Waals surface area contributed by atoms with Gasteiger partial charge in [0.1, 0.15) is 24.4 Å². The summed E-state index contributed by atoms with van der Waals surface area (Å²) in [6.07, 6.45) is 15.8. The maximum absolute atomic E-state index is 12.2. The van der Waals surface area contributed by atoms with Crippen LogP contribution < -0.4 is 0 Å². The van der Waals surface area contributed by atoms with Gasteiger partial charge in [-0.1, -0.05) is 39.5 Å². The van der Waals surface area contributed by atoms with E-state index in [1.807, 2.05) is 0 Å². The van der Waals surface area contributed by atoms with Gasteiger partial charge in [0.15, 0.2) is 0 Å². The number of carbonyl (C=O) groups is 2. The quantitative estimate of drug-likeness (QED) is 0.350. The predicted octanol–water partition coefficient (Wildman–Crippen LogP) is 7.32. The van der Waals surface area contributed by atoms with Gasteiger partial charge in [0.2, 0.25) is 0 Å². The van der Waals surface area contributed by atoms with Crippen molar-refractivity contribution in [2.24, 2.45) is 17.3 Å². The maximum Gasteiger partial charge on any atom is 0.508 e. The van der Waals surface area contributed by atoms with Gasteiger partial charge in [-0.25, -0.2) is 9.59 Å². The Morgan fingerprint density at radius 2 is 0.909 bits per heavy atom. The van der Waals surface area contributed by atoms with Crippen LogP contribution in [-0.4, -0.2) is 36.7 Å². The van der Waals surface area contributed by atoms with E-state index in [0.717, 1.165) is 88.9 Å². The van der Waals surface area contributed by atoms with Crippen molar-refractivity contribution < 1.29 is 28.5 Å². The van der Waals surface area contributed by atoms with E-state index in [1.54, 1.807) is 0 Å². The van der Waals surface area contributed by atoms with E-state index in [-0.39, 0.29) is 29.8 Å². The fraction of sp³-hybridized carbons (Fsp3) is 0.926. The summed E-state index contributed by atoms with van der Waals surface area (Å²) in [5.41, 5.74) is 0.173. The highest BCUT2D eigenvalue weighted by atomic mass is 16.7. The minimum atomic E-state index is -0.502. The van der Waals surface area contributed by atoms with Crippen LogP contribution in [0.3, 0.4) is 0 Å². The third kappa shape index (κ3) is 6.79. The topological polar surface area (TPSA) is 71.1 Å². The number of hydrogen-bond acceptors (Lipinski definition) is 6. The number of hydrogen-bond donors (Lipinski definition) is 0. The van der Waals surface area contributed by atoms with Gasteiger partial charge in [0, 0.05) is 0 Å². The molecule has 4 aliphatic carbocycles. The minimum absolute atomic E-state index is 0.0221. The lowest BCUT2D eigenvalue weighted by Crippen LogP contribution is -2.54. The Labute approximate surface area is 199 Å². The fourth-order valence-corrected chi connectivity index (χ4v) is 6.81. The Bertz CT molecular complexity index is 575. The van der Waals surface area contributed by atoms with E-state index < -0.39 is 12.3 Å². The maximum atomic E-state index is 12.2. The molecule has 1 spiro atoms. The second-order valence-corrected chi connectivity index (χ2v) is 11.4. The van der Waals surface area contributed by atoms with Crippen molar-refractivity contribution in [2.75, 3.05) is 0 Å². The zero-order valence-electron chi connectivity index (χ0n) is 20.7. The highest BCUT2D eigenvalue weighted by Gasteiger charge is 2.56. The Kier molecular flexibility index (Phi) is 8.45. The fourth-order valence-electron chi connectivity index (χ4n) is 6.81. The molecule has 0 heterocycles. The molecule has 0 saturated heterocycles. The van der Waals surface area contributed by atoms with Crippen LogP contribution in [0, 0.1) is 17.3 Å². The van der Waals surface area contributed by atoms with Gasteiger partial charge in [-0.3, -0.25) is 0 Å². The van der Waals surface area contributed by atoms with Gasteiger partial charge >= 0.3 is 12.3 Å². The summed E-state index contributed by atoms with van der Waals surface area (Å²) in [4.78, 5) is 24.3. The van der Waals surface area contributed by atoms with Crippen LogP contribution in [-0.2, 0) is 18.9 Å². The van der Waals surface area contributed by atoms with Crippen molar-refractivity contribution in [3.63, 3.8) is 0 Å². The van der Waals surface area contributed by atoms with Gasteiger partial charge in [0.25, 0.3) is 0 Å². The number of ether oxygens (including phenoxy) is 4. The first-order valence-electron chi connectivity index (χ1n) is 13.7. The minimum Gasteiger partial charge on any atom is -0.431 e. The summed E-state index contributed by atoms with van der Waals surface area (Å²) in [5.74, 6) is 1.59. The molecule has 33 heavy (non-hydrogen) atoms. The molecule has 6 heteroatoms. The van der Waals surface area contributed by atoms with Crippen LogP contribution in [0.15, 0.2) is 0 Å². The second-order valence-electron chi connectivity index (χ2n) is 11.4. The van der Waals surface area contributed by atoms with Crippen LogP contribution in [0.2, 0.25) is 0 Å². The third-order valence-electron chi connectivity index (χ3n) is 8.68. The highest BCUT2D eigenvalue weighted by molar-refractivity contribution is 5.61. The van der Waals surface area contributed by atoms with Crippen molar-refractivity contribution in [1.29, 1.82) is 0 Å². The second kappa shape index (κ2) is 11.3. The lowest BCUT2D eigenvalue weighted by Gasteiger charge is -2.55. The number of rotatable bonds is 8. The largest absolute Gasteiger partial charge is 0.508 e. The average molecular weight is 465 g/mol. The van der Waals surface area contributed by atoms with Crippen molar-refractivity contribution in [3.8, 4) is 0 Å². The Morgan fingerprint density at radius 3 is 1.24 bits per heavy atom. The zero-order valence-corrected chi connectivity index (χ0v) is 20.7. The monoisotopic (exact) mass is 464 g/mol. The lowest BCUT2D eigenvalue weighted by molar-refractivity contribution is -0.159. The molecule has 0 N–H and O–H groups in total. The molecule has 4 rings (SSSR count). The first-order chi connectivity index (χ1) is 16.0. The average Bonchev–Trinajstić information content (AvgIpc) is 2.74. The van der Waals surface area contributed by atoms with E-state index >= 15 is 0 Å². The molecule has 6 nitrogen and oxygen atoms in total. The predicted molar refractivity (Wildman–Crippen MR) is 125 cm³/mol. The zero-order chi connectivity index (χ0) is 23.3. The van der Waals surface area contributed by atoms with Crippen LogP contribution in [0.25, 0.3) is 0 Å². The SMILES string of the molecule is CCCC1CCC(OC(=O)O[C@H]2CC3(C[C@H](OC(=O)OC4CCC(CCC)CC4)C3)C2)CC1. The van der Waals surface area contributed by atoms with Crippen LogP contribution in [0.1, 0.15) is 117 Å². The molecule has 0 bridgehead atoms. The Hall–Kier alpha value is -1.46. The van der Waals surface area contributed by atoms with Crippen LogP contribution in [0.5, 0.6) is 0 Å². The van der Waals surface area contributed by atoms with Crippen LogP contribution in [0.4, 0.5) is 9.59 Å². The van der Waals surface area contributed by atoms with Gasteiger partial charge < -0.3 is 18.9 Å². The first kappa shape index (κ1) is 24.7. The molecule has 188 valence electrons. The van der Waals surface area contributed by atoms with Gasteiger partial charge in [0.05, 0.1) is 0 Å². The summed E-state index contributed by atoms with van der Waals surface area (Å²) in [7, 11) is 0. The summed E-state index contributed by atoms with van der Waals surface area (Å²) in [5, 5.41) is 0. The molecule has 4 fully saturated rings. The molecule has 0 amide bonds. The molecular formula is C27H44O6. The standard InChI is InChI=1S/C27H44O6/c1-3-5-19-7-11-21(12-8-19)30-25(28)32-23-15-27(16-23)17-24(18-27)33-26(29)31-22-13-9-20(6-4-2)10-14-22/h19-24H,3-18H2,1-2H3/t19?,20?,21?,22?,23-,24-,27?. The van der Waals surface area contributed by atoms with Crippen molar-refractivity contribution >= 4 is 12.3 Å². The number of carbonyl (C=O) groups excluding carboxylic acids is 2. The van der Waals surface area contributed by atoms with Crippen molar-refractivity contribution in [2.45, 2.75) is 141 Å².